The zero-order chi connectivity index (χ0) is 37.7. The number of hydrogen-bond acceptors (Lipinski definition) is 6. The number of hydrogen-bond donors (Lipinski definition) is 0. The number of carbonyl (C=O) groups is 2. The van der Waals surface area contributed by atoms with Crippen LogP contribution in [0.25, 0.3) is 0 Å². The van der Waals surface area contributed by atoms with E-state index in [1.165, 1.54) is 166 Å². The van der Waals surface area contributed by atoms with Gasteiger partial charge in [-0.2, -0.15) is 0 Å². The second-order valence-corrected chi connectivity index (χ2v) is 14.5. The van der Waals surface area contributed by atoms with Crippen LogP contribution in [0.2, 0.25) is 0 Å². The molecule has 0 fully saturated rings. The van der Waals surface area contributed by atoms with Gasteiger partial charge in [0.1, 0.15) is 11.5 Å². The van der Waals surface area contributed by atoms with Crippen molar-refractivity contribution in [2.45, 2.75) is 194 Å². The second kappa shape index (κ2) is 38.5. The molecule has 0 aromatic heterocycles. The van der Waals surface area contributed by atoms with Crippen LogP contribution in [-0.2, 0) is 0 Å². The summed E-state index contributed by atoms with van der Waals surface area (Å²) in [5.74, 6) is -1.52. The molecule has 2 aromatic carbocycles. The Bertz CT molecular complexity index is 1040. The Morgan fingerprint density at radius 3 is 0.868 bits per heavy atom. The fourth-order valence-electron chi connectivity index (χ4n) is 6.48. The largest absolute Gasteiger partial charge is 2.00 e. The van der Waals surface area contributed by atoms with Gasteiger partial charge in [-0.25, -0.2) is 0 Å². The van der Waals surface area contributed by atoms with E-state index >= 15 is 0 Å². The van der Waals surface area contributed by atoms with Crippen LogP contribution in [0.15, 0.2) is 48.5 Å². The van der Waals surface area contributed by atoms with Crippen molar-refractivity contribution < 1.29 is 29.3 Å². The number of carbonyl (C=O) groups excluding carboxylic acids is 2. The first-order valence-electron chi connectivity index (χ1n) is 21.4. The number of para-hydroxylation sites is 2. The molecule has 0 spiro atoms. The average molecular weight is 763 g/mol. The molecule has 0 aliphatic rings. The third-order valence-corrected chi connectivity index (χ3v) is 9.72. The molecule has 0 radical (unpaired) electrons. The molecule has 7 heteroatoms. The minimum Gasteiger partial charge on any atom is -0.545 e. The zero-order valence-electron chi connectivity index (χ0n) is 34.0. The Hall–Kier alpha value is -1.76. The predicted octanol–water partition coefficient (Wildman–Crippen LogP) is 11.4. The maximum atomic E-state index is 11.0. The molecule has 6 nitrogen and oxygen atoms in total. The molecule has 296 valence electrons. The molecule has 0 aliphatic heterocycles. The molecule has 0 atom stereocenters. The van der Waals surface area contributed by atoms with Gasteiger partial charge in [-0.3, -0.25) is 0 Å². The fraction of sp³-hybridized carbons (Fsp3) is 0.696. The Labute approximate surface area is 354 Å². The summed E-state index contributed by atoms with van der Waals surface area (Å²) in [5, 5.41) is 22.0. The number of carboxylic acid groups (broad SMARTS) is 2. The van der Waals surface area contributed by atoms with Crippen molar-refractivity contribution in [2.24, 2.45) is 0 Å². The van der Waals surface area contributed by atoms with Crippen LogP contribution < -0.4 is 19.7 Å². The Morgan fingerprint density at radius 1 is 0.396 bits per heavy atom. The van der Waals surface area contributed by atoms with Gasteiger partial charge in [0.15, 0.2) is 0 Å². The van der Waals surface area contributed by atoms with Crippen molar-refractivity contribution in [1.82, 2.24) is 0 Å². The van der Waals surface area contributed by atoms with E-state index in [1.807, 2.05) is 0 Å². The standard InChI is InChI=1S/2C23H38O3.Ca/c2*1-2-3-4-5-6-7-8-9-10-11-12-13-14-17-20-26-22-19-16-15-18-21(22)23(24)25;/h2*15-16,18-19H,2-14,17,20H2,1H3,(H,24,25);/q;;+2/p-2. The van der Waals surface area contributed by atoms with E-state index in [9.17, 15) is 19.8 Å². The number of aromatic carboxylic acids is 2. The number of benzene rings is 2. The monoisotopic (exact) mass is 763 g/mol. The van der Waals surface area contributed by atoms with Crippen molar-refractivity contribution in [3.05, 3.63) is 59.7 Å². The second-order valence-electron chi connectivity index (χ2n) is 14.5. The van der Waals surface area contributed by atoms with Crippen LogP contribution in [0.5, 0.6) is 11.5 Å². The molecule has 0 heterocycles. The maximum Gasteiger partial charge on any atom is 2.00 e. The van der Waals surface area contributed by atoms with Gasteiger partial charge in [-0.15, -0.1) is 0 Å². The third kappa shape index (κ3) is 30.2. The molecule has 0 N–H and O–H groups in total. The average Bonchev–Trinajstić information content (AvgIpc) is 3.15. The fourth-order valence-corrected chi connectivity index (χ4v) is 6.48. The summed E-state index contributed by atoms with van der Waals surface area (Å²) in [5.41, 5.74) is 0.274. The van der Waals surface area contributed by atoms with Crippen molar-refractivity contribution in [2.75, 3.05) is 13.2 Å². The first kappa shape index (κ1) is 51.2. The number of rotatable bonds is 34. The van der Waals surface area contributed by atoms with Crippen LogP contribution in [0, 0.1) is 0 Å². The smallest absolute Gasteiger partial charge is 0.545 e. The summed E-state index contributed by atoms with van der Waals surface area (Å²) in [6, 6.07) is 13.4. The molecule has 0 saturated heterocycles. The van der Waals surface area contributed by atoms with Gasteiger partial charge in [-0.1, -0.05) is 205 Å². The van der Waals surface area contributed by atoms with Crippen molar-refractivity contribution >= 4 is 49.7 Å². The summed E-state index contributed by atoms with van der Waals surface area (Å²) in [6.45, 7) is 5.68. The summed E-state index contributed by atoms with van der Waals surface area (Å²) in [7, 11) is 0. The predicted molar refractivity (Wildman–Crippen MR) is 219 cm³/mol. The minimum absolute atomic E-state index is 0. The van der Waals surface area contributed by atoms with E-state index in [0.29, 0.717) is 24.7 Å². The molecule has 2 aromatic rings. The Balaban J connectivity index is 0.00000100. The molecular formula is C46H74CaO6. The molecule has 0 aliphatic carbocycles. The van der Waals surface area contributed by atoms with Crippen molar-refractivity contribution in [3.63, 3.8) is 0 Å². The maximum absolute atomic E-state index is 11.0. The van der Waals surface area contributed by atoms with E-state index < -0.39 is 11.9 Å². The molecule has 0 unspecified atom stereocenters. The first-order valence-corrected chi connectivity index (χ1v) is 21.4. The number of ether oxygens (including phenoxy) is 2. The first-order chi connectivity index (χ1) is 25.5. The van der Waals surface area contributed by atoms with Gasteiger partial charge < -0.3 is 29.3 Å². The molecular weight excluding hydrogens is 689 g/mol. The quantitative estimate of drug-likeness (QED) is 0.0520. The SMILES string of the molecule is CCCCCCCCCCCCCCCCOc1ccccc1C(=O)[O-].CCCCCCCCCCCCCCCCOc1ccccc1C(=O)[O-].[Ca+2]. The molecule has 2 rings (SSSR count). The minimum atomic E-state index is -1.18. The van der Waals surface area contributed by atoms with Gasteiger partial charge in [0.05, 0.1) is 25.2 Å². The topological polar surface area (TPSA) is 98.7 Å². The van der Waals surface area contributed by atoms with Crippen LogP contribution in [0.1, 0.15) is 214 Å². The van der Waals surface area contributed by atoms with Gasteiger partial charge in [0.25, 0.3) is 0 Å². The van der Waals surface area contributed by atoms with E-state index in [1.54, 1.807) is 36.4 Å². The van der Waals surface area contributed by atoms with Gasteiger partial charge in [0, 0.05) is 11.1 Å². The Morgan fingerprint density at radius 2 is 0.623 bits per heavy atom. The third-order valence-electron chi connectivity index (χ3n) is 9.72. The van der Waals surface area contributed by atoms with Gasteiger partial charge >= 0.3 is 37.7 Å². The summed E-state index contributed by atoms with van der Waals surface area (Å²) in [4.78, 5) is 22.0. The Kier molecular flexibility index (Phi) is 37.2. The van der Waals surface area contributed by atoms with Crippen molar-refractivity contribution in [1.29, 1.82) is 0 Å². The summed E-state index contributed by atoms with van der Waals surface area (Å²) >= 11 is 0. The van der Waals surface area contributed by atoms with Gasteiger partial charge in [-0.05, 0) is 37.1 Å². The van der Waals surface area contributed by atoms with E-state index in [4.69, 9.17) is 9.47 Å². The molecule has 0 amide bonds. The van der Waals surface area contributed by atoms with Crippen molar-refractivity contribution in [3.8, 4) is 11.5 Å². The molecule has 0 bridgehead atoms. The van der Waals surface area contributed by atoms with Crippen LogP contribution in [-0.4, -0.2) is 62.9 Å². The molecule has 53 heavy (non-hydrogen) atoms. The van der Waals surface area contributed by atoms with E-state index in [-0.39, 0.29) is 48.9 Å². The van der Waals surface area contributed by atoms with Crippen LogP contribution in [0.3, 0.4) is 0 Å². The summed E-state index contributed by atoms with van der Waals surface area (Å²) < 4.78 is 11.2. The number of carboxylic acids is 2. The van der Waals surface area contributed by atoms with E-state index in [0.717, 1.165) is 25.7 Å². The van der Waals surface area contributed by atoms with Crippen LogP contribution in [0.4, 0.5) is 0 Å². The summed E-state index contributed by atoms with van der Waals surface area (Å²) in [6.07, 6.45) is 37.1. The number of unbranched alkanes of at least 4 members (excludes halogenated alkanes) is 26. The van der Waals surface area contributed by atoms with Crippen LogP contribution >= 0.6 is 0 Å². The zero-order valence-corrected chi connectivity index (χ0v) is 36.2. The van der Waals surface area contributed by atoms with Gasteiger partial charge in [0.2, 0.25) is 0 Å². The normalized spacial score (nSPS) is 10.6. The molecule has 0 saturated carbocycles. The van der Waals surface area contributed by atoms with E-state index in [2.05, 4.69) is 13.8 Å².